The Hall–Kier alpha value is -2.47. The summed E-state index contributed by atoms with van der Waals surface area (Å²) in [6.07, 6.45) is 0. The van der Waals surface area contributed by atoms with Crippen LogP contribution in [0.4, 0.5) is 5.69 Å². The molecule has 17 heavy (non-hydrogen) atoms. The highest BCUT2D eigenvalue weighted by Gasteiger charge is 2.05. The summed E-state index contributed by atoms with van der Waals surface area (Å²) in [4.78, 5) is 0. The van der Waals surface area contributed by atoms with Crippen molar-refractivity contribution in [3.8, 4) is 22.9 Å². The SMILES string of the molecule is COc1ccc(-c2ccc(N)cc2C#N)cc1. The molecule has 0 saturated carbocycles. The van der Waals surface area contributed by atoms with Gasteiger partial charge in [0.1, 0.15) is 5.75 Å². The minimum Gasteiger partial charge on any atom is -0.497 e. The van der Waals surface area contributed by atoms with Crippen molar-refractivity contribution in [3.05, 3.63) is 48.0 Å². The van der Waals surface area contributed by atoms with E-state index in [0.717, 1.165) is 16.9 Å². The number of benzene rings is 2. The molecule has 0 saturated heterocycles. The zero-order valence-electron chi connectivity index (χ0n) is 9.47. The zero-order valence-corrected chi connectivity index (χ0v) is 9.47. The Bertz CT molecular complexity index is 568. The highest BCUT2D eigenvalue weighted by molar-refractivity contribution is 5.73. The first-order chi connectivity index (χ1) is 8.24. The van der Waals surface area contributed by atoms with Gasteiger partial charge in [0.25, 0.3) is 0 Å². The first-order valence-electron chi connectivity index (χ1n) is 5.18. The van der Waals surface area contributed by atoms with Crippen molar-refractivity contribution in [2.24, 2.45) is 0 Å². The van der Waals surface area contributed by atoms with Crippen LogP contribution in [-0.2, 0) is 0 Å². The van der Waals surface area contributed by atoms with Crippen LogP contribution < -0.4 is 10.5 Å². The first-order valence-corrected chi connectivity index (χ1v) is 5.18. The van der Waals surface area contributed by atoms with Gasteiger partial charge in [-0.1, -0.05) is 18.2 Å². The van der Waals surface area contributed by atoms with Crippen LogP contribution in [-0.4, -0.2) is 7.11 Å². The van der Waals surface area contributed by atoms with E-state index in [1.165, 1.54) is 0 Å². The molecule has 0 atom stereocenters. The van der Waals surface area contributed by atoms with Gasteiger partial charge in [0.05, 0.1) is 18.7 Å². The van der Waals surface area contributed by atoms with E-state index < -0.39 is 0 Å². The minimum absolute atomic E-state index is 0.579. The summed E-state index contributed by atoms with van der Waals surface area (Å²) in [5, 5.41) is 9.07. The number of nitriles is 1. The number of nitrogens with zero attached hydrogens (tertiary/aromatic N) is 1. The smallest absolute Gasteiger partial charge is 0.118 e. The van der Waals surface area contributed by atoms with Crippen LogP contribution in [0.25, 0.3) is 11.1 Å². The maximum Gasteiger partial charge on any atom is 0.118 e. The molecule has 0 unspecified atom stereocenters. The van der Waals surface area contributed by atoms with Crippen molar-refractivity contribution in [2.45, 2.75) is 0 Å². The highest BCUT2D eigenvalue weighted by atomic mass is 16.5. The normalized spacial score (nSPS) is 9.65. The molecule has 84 valence electrons. The third-order valence-corrected chi connectivity index (χ3v) is 2.57. The van der Waals surface area contributed by atoms with E-state index in [4.69, 9.17) is 15.7 Å². The number of nitrogens with two attached hydrogens (primary N) is 1. The van der Waals surface area contributed by atoms with Crippen molar-refractivity contribution in [1.82, 2.24) is 0 Å². The second-order valence-electron chi connectivity index (χ2n) is 3.65. The van der Waals surface area contributed by atoms with Crippen LogP contribution in [0.1, 0.15) is 5.56 Å². The molecular weight excluding hydrogens is 212 g/mol. The molecule has 0 amide bonds. The molecule has 2 aromatic carbocycles. The Morgan fingerprint density at radius 2 is 1.82 bits per heavy atom. The Kier molecular flexibility index (Phi) is 2.97. The largest absolute Gasteiger partial charge is 0.497 e. The second kappa shape index (κ2) is 4.58. The summed E-state index contributed by atoms with van der Waals surface area (Å²) in [7, 11) is 1.62. The molecule has 0 aliphatic heterocycles. The Morgan fingerprint density at radius 3 is 2.41 bits per heavy atom. The van der Waals surface area contributed by atoms with Gasteiger partial charge in [-0.3, -0.25) is 0 Å². The van der Waals surface area contributed by atoms with E-state index in [1.54, 1.807) is 19.2 Å². The predicted octanol–water partition coefficient (Wildman–Crippen LogP) is 2.82. The topological polar surface area (TPSA) is 59.0 Å². The fourth-order valence-electron chi connectivity index (χ4n) is 1.68. The van der Waals surface area contributed by atoms with Crippen molar-refractivity contribution in [3.63, 3.8) is 0 Å². The van der Waals surface area contributed by atoms with Gasteiger partial charge in [0.15, 0.2) is 0 Å². The number of hydrogen-bond acceptors (Lipinski definition) is 3. The van der Waals surface area contributed by atoms with Crippen molar-refractivity contribution < 1.29 is 4.74 Å². The van der Waals surface area contributed by atoms with Gasteiger partial charge in [-0.15, -0.1) is 0 Å². The maximum atomic E-state index is 9.07. The molecule has 0 aliphatic rings. The lowest BCUT2D eigenvalue weighted by atomic mass is 10.00. The second-order valence-corrected chi connectivity index (χ2v) is 3.65. The third kappa shape index (κ3) is 2.21. The monoisotopic (exact) mass is 224 g/mol. The Morgan fingerprint density at radius 1 is 1.12 bits per heavy atom. The number of methoxy groups -OCH3 is 1. The third-order valence-electron chi connectivity index (χ3n) is 2.57. The summed E-state index contributed by atoms with van der Waals surface area (Å²) >= 11 is 0. The fourth-order valence-corrected chi connectivity index (χ4v) is 1.68. The molecule has 2 aromatic rings. The molecule has 0 spiro atoms. The average Bonchev–Trinajstić information content (AvgIpc) is 2.39. The van der Waals surface area contributed by atoms with Crippen LogP contribution >= 0.6 is 0 Å². The van der Waals surface area contributed by atoms with E-state index in [0.29, 0.717) is 11.3 Å². The molecule has 2 N–H and O–H groups in total. The maximum absolute atomic E-state index is 9.07. The average molecular weight is 224 g/mol. The van der Waals surface area contributed by atoms with Gasteiger partial charge in [-0.05, 0) is 35.4 Å². The molecule has 0 fully saturated rings. The summed E-state index contributed by atoms with van der Waals surface area (Å²) in [5.41, 5.74) is 8.68. The molecule has 0 aliphatic carbocycles. The number of hydrogen-bond donors (Lipinski definition) is 1. The molecule has 0 heterocycles. The summed E-state index contributed by atoms with van der Waals surface area (Å²) in [5.74, 6) is 0.794. The molecule has 3 nitrogen and oxygen atoms in total. The van der Waals surface area contributed by atoms with Crippen LogP contribution in [0.2, 0.25) is 0 Å². The summed E-state index contributed by atoms with van der Waals surface area (Å²) in [6, 6.07) is 15.1. The first kappa shape index (κ1) is 11.0. The number of rotatable bonds is 2. The number of nitrogen functional groups attached to an aromatic ring is 1. The van der Waals surface area contributed by atoms with Crippen LogP contribution in [0.5, 0.6) is 5.75 Å². The minimum atomic E-state index is 0.579. The molecule has 0 aromatic heterocycles. The molecule has 2 rings (SSSR count). The van der Waals surface area contributed by atoms with Gasteiger partial charge in [0, 0.05) is 5.69 Å². The predicted molar refractivity (Wildman–Crippen MR) is 67.6 cm³/mol. The number of ether oxygens (including phenoxy) is 1. The Labute approximate surface area is 100 Å². The van der Waals surface area contributed by atoms with E-state index in [2.05, 4.69) is 6.07 Å². The van der Waals surface area contributed by atoms with E-state index >= 15 is 0 Å². The fraction of sp³-hybridized carbons (Fsp3) is 0.0714. The van der Waals surface area contributed by atoms with E-state index in [-0.39, 0.29) is 0 Å². The lowest BCUT2D eigenvalue weighted by Gasteiger charge is -2.06. The van der Waals surface area contributed by atoms with Crippen molar-refractivity contribution >= 4 is 5.69 Å². The van der Waals surface area contributed by atoms with Gasteiger partial charge < -0.3 is 10.5 Å². The van der Waals surface area contributed by atoms with Gasteiger partial charge in [-0.2, -0.15) is 5.26 Å². The van der Waals surface area contributed by atoms with Crippen LogP contribution in [0.3, 0.4) is 0 Å². The van der Waals surface area contributed by atoms with Crippen LogP contribution in [0, 0.1) is 11.3 Å². The quantitative estimate of drug-likeness (QED) is 0.798. The highest BCUT2D eigenvalue weighted by Crippen LogP contribution is 2.26. The lowest BCUT2D eigenvalue weighted by Crippen LogP contribution is -1.89. The lowest BCUT2D eigenvalue weighted by molar-refractivity contribution is 0.415. The van der Waals surface area contributed by atoms with Gasteiger partial charge in [-0.25, -0.2) is 0 Å². The summed E-state index contributed by atoms with van der Waals surface area (Å²) in [6.45, 7) is 0. The molecule has 3 heteroatoms. The molecule has 0 bridgehead atoms. The van der Waals surface area contributed by atoms with E-state index in [1.807, 2.05) is 30.3 Å². The van der Waals surface area contributed by atoms with Crippen LogP contribution in [0.15, 0.2) is 42.5 Å². The van der Waals surface area contributed by atoms with Gasteiger partial charge in [0.2, 0.25) is 0 Å². The Balaban J connectivity index is 2.49. The van der Waals surface area contributed by atoms with Crippen molar-refractivity contribution in [1.29, 1.82) is 5.26 Å². The van der Waals surface area contributed by atoms with E-state index in [9.17, 15) is 0 Å². The standard InChI is InChI=1S/C14H12N2O/c1-17-13-5-2-10(3-6-13)14-7-4-12(16)8-11(14)9-15/h2-8H,16H2,1H3. The molecule has 0 radical (unpaired) electrons. The van der Waals surface area contributed by atoms with Gasteiger partial charge >= 0.3 is 0 Å². The molecular formula is C14H12N2O. The number of anilines is 1. The van der Waals surface area contributed by atoms with Crippen molar-refractivity contribution in [2.75, 3.05) is 12.8 Å². The zero-order chi connectivity index (χ0) is 12.3. The summed E-state index contributed by atoms with van der Waals surface area (Å²) < 4.78 is 5.10.